The molecule has 0 aliphatic heterocycles. The van der Waals surface area contributed by atoms with Crippen LogP contribution >= 0.6 is 0 Å². The number of aromatic nitrogens is 3. The van der Waals surface area contributed by atoms with E-state index in [9.17, 15) is 0 Å². The number of nitrogens with zero attached hydrogens (tertiary/aromatic N) is 3. The Morgan fingerprint density at radius 3 is 1.03 bits per heavy atom. The van der Waals surface area contributed by atoms with Gasteiger partial charge in [-0.05, 0) is 109 Å². The Labute approximate surface area is 384 Å². The van der Waals surface area contributed by atoms with Crippen LogP contribution in [0.15, 0.2) is 213 Å². The van der Waals surface area contributed by atoms with Gasteiger partial charge in [-0.3, -0.25) is 0 Å². The number of aryl methyl sites for hydroxylation is 1. The molecule has 0 unspecified atom stereocenters. The molecule has 10 aromatic rings. The smallest absolute Gasteiger partial charge is 0.0242 e. The van der Waals surface area contributed by atoms with Crippen molar-refractivity contribution < 1.29 is 20.1 Å². The van der Waals surface area contributed by atoms with Gasteiger partial charge in [-0.2, -0.15) is 0 Å². The number of benzene rings is 7. The Morgan fingerprint density at radius 2 is 0.667 bits per heavy atom. The Morgan fingerprint density at radius 1 is 0.317 bits per heavy atom. The van der Waals surface area contributed by atoms with E-state index >= 15 is 0 Å². The molecule has 4 heteroatoms. The third kappa shape index (κ3) is 8.87. The third-order valence-electron chi connectivity index (χ3n) is 11.2. The first kappa shape index (κ1) is 42.3. The molecule has 305 valence electrons. The number of pyridine rings is 3. The van der Waals surface area contributed by atoms with Crippen LogP contribution in [0.5, 0.6) is 0 Å². The summed E-state index contributed by atoms with van der Waals surface area (Å²) < 4.78 is 0. The van der Waals surface area contributed by atoms with Gasteiger partial charge < -0.3 is 22.4 Å². The second kappa shape index (κ2) is 19.1. The van der Waals surface area contributed by atoms with E-state index in [1.165, 1.54) is 0 Å². The molecule has 0 saturated carbocycles. The Hall–Kier alpha value is -7.36. The van der Waals surface area contributed by atoms with Crippen LogP contribution in [-0.4, -0.2) is 15.0 Å². The second-order valence-corrected chi connectivity index (χ2v) is 15.0. The standard InChI is InChI=1S/C58H38N3.CH3.Ir/c1-40-33-58(43-21-9-4-10-22-43)61-39-55(40)54-28-16-15-27-53(54)48-35-46(51-25-13-11-23-49(51)44-29-31-56(59-37-44)41-17-5-2-6-18-41)34-47(36-48)52-26-14-12-24-50(52)45-30-32-57(60-38-45)42-19-7-3-8-20-42;;/h2-17,19,21,23-39H,1H3;1H3;/q-3;-1;. The molecule has 10 rings (SSSR count). The summed E-state index contributed by atoms with van der Waals surface area (Å²) >= 11 is 0. The van der Waals surface area contributed by atoms with Gasteiger partial charge in [-0.25, -0.2) is 0 Å². The first-order chi connectivity index (χ1) is 30.2. The van der Waals surface area contributed by atoms with Crippen molar-refractivity contribution in [1.82, 2.24) is 15.0 Å². The van der Waals surface area contributed by atoms with Gasteiger partial charge in [0.1, 0.15) is 0 Å². The summed E-state index contributed by atoms with van der Waals surface area (Å²) in [7, 11) is 0. The van der Waals surface area contributed by atoms with Gasteiger partial charge >= 0.3 is 0 Å². The molecule has 3 aromatic heterocycles. The van der Waals surface area contributed by atoms with Crippen LogP contribution in [0, 0.1) is 32.5 Å². The molecule has 3 heterocycles. The molecule has 0 N–H and O–H groups in total. The molecule has 1 radical (unpaired) electrons. The fraction of sp³-hybridized carbons (Fsp3) is 0.0169. The van der Waals surface area contributed by atoms with Gasteiger partial charge in [0.05, 0.1) is 0 Å². The van der Waals surface area contributed by atoms with E-state index in [1.807, 2.05) is 85.3 Å². The molecule has 0 bridgehead atoms. The number of hydrogen-bond acceptors (Lipinski definition) is 3. The van der Waals surface area contributed by atoms with E-state index < -0.39 is 0 Å². The molecule has 0 amide bonds. The molecule has 3 nitrogen and oxygen atoms in total. The first-order valence-corrected chi connectivity index (χ1v) is 20.4. The maximum absolute atomic E-state index is 4.95. The third-order valence-corrected chi connectivity index (χ3v) is 11.2. The van der Waals surface area contributed by atoms with Gasteiger partial charge in [-0.15, -0.1) is 108 Å². The van der Waals surface area contributed by atoms with Crippen molar-refractivity contribution in [2.24, 2.45) is 0 Å². The van der Waals surface area contributed by atoms with Crippen molar-refractivity contribution in [1.29, 1.82) is 0 Å². The van der Waals surface area contributed by atoms with Crippen molar-refractivity contribution in [3.63, 3.8) is 0 Å². The van der Waals surface area contributed by atoms with Crippen LogP contribution in [0.25, 0.3) is 101 Å². The second-order valence-electron chi connectivity index (χ2n) is 15.0. The molecule has 63 heavy (non-hydrogen) atoms. The fourth-order valence-corrected chi connectivity index (χ4v) is 8.11. The summed E-state index contributed by atoms with van der Waals surface area (Å²) in [6.07, 6.45) is 5.95. The van der Waals surface area contributed by atoms with Crippen molar-refractivity contribution in [2.45, 2.75) is 6.92 Å². The molecule has 0 aliphatic carbocycles. The van der Waals surface area contributed by atoms with Crippen LogP contribution < -0.4 is 0 Å². The van der Waals surface area contributed by atoms with Crippen molar-refractivity contribution in [3.05, 3.63) is 244 Å². The van der Waals surface area contributed by atoms with Gasteiger partial charge in [0.25, 0.3) is 0 Å². The molecule has 0 saturated heterocycles. The number of rotatable bonds is 9. The monoisotopic (exact) mass is 984 g/mol. The molecule has 7 aromatic carbocycles. The fourth-order valence-electron chi connectivity index (χ4n) is 8.11. The zero-order valence-electron chi connectivity index (χ0n) is 34.9. The minimum Gasteiger partial charge on any atom is -0.358 e. The summed E-state index contributed by atoms with van der Waals surface area (Å²) in [4.78, 5) is 14.7. The quantitative estimate of drug-likeness (QED) is 0.135. The molecule has 0 aliphatic rings. The van der Waals surface area contributed by atoms with Gasteiger partial charge in [0.15, 0.2) is 0 Å². The summed E-state index contributed by atoms with van der Waals surface area (Å²) in [5.74, 6) is 0. The molecule has 0 fully saturated rings. The van der Waals surface area contributed by atoms with Gasteiger partial charge in [0.2, 0.25) is 0 Å². The molecule has 0 spiro atoms. The predicted octanol–water partition coefficient (Wildman–Crippen LogP) is 15.0. The minimum atomic E-state index is 0. The maximum atomic E-state index is 4.95. The Kier molecular flexibility index (Phi) is 12.9. The Bertz CT molecular complexity index is 2970. The zero-order chi connectivity index (χ0) is 41.0. The van der Waals surface area contributed by atoms with Crippen LogP contribution in [-0.2, 0) is 20.1 Å². The summed E-state index contributed by atoms with van der Waals surface area (Å²) in [6.45, 7) is 2.17. The van der Waals surface area contributed by atoms with E-state index in [-0.39, 0.29) is 27.5 Å². The van der Waals surface area contributed by atoms with Gasteiger partial charge in [0, 0.05) is 44.3 Å². The first-order valence-electron chi connectivity index (χ1n) is 20.4. The van der Waals surface area contributed by atoms with E-state index in [2.05, 4.69) is 153 Å². The average Bonchev–Trinajstić information content (AvgIpc) is 3.35. The van der Waals surface area contributed by atoms with Crippen LogP contribution in [0.1, 0.15) is 5.56 Å². The Balaban J connectivity index is 0.00000272. The molecule has 0 atom stereocenters. The SMILES string of the molecule is Cc1cc(-c2[c-]cccc2)ncc1-c1ccccc1-c1cc(-c2ccccc2-c2ccc(-c3[c-]cccc3)nc2)cc(-c2ccccc2-c2ccc(-c3[c-]cccc3)nc2)c1.[CH3-].[Ir]. The predicted molar refractivity (Wildman–Crippen MR) is 256 cm³/mol. The van der Waals surface area contributed by atoms with Crippen molar-refractivity contribution in [3.8, 4) is 101 Å². The number of hydrogen-bond donors (Lipinski definition) is 0. The van der Waals surface area contributed by atoms with E-state index in [4.69, 9.17) is 15.0 Å². The molecular weight excluding hydrogens is 943 g/mol. The van der Waals surface area contributed by atoms with Crippen LogP contribution in [0.3, 0.4) is 0 Å². The van der Waals surface area contributed by atoms with Gasteiger partial charge in [-0.1, -0.05) is 103 Å². The minimum absolute atomic E-state index is 0. The normalized spacial score (nSPS) is 10.7. The summed E-state index contributed by atoms with van der Waals surface area (Å²) in [5.41, 5.74) is 19.9. The zero-order valence-corrected chi connectivity index (χ0v) is 37.3. The van der Waals surface area contributed by atoms with Crippen molar-refractivity contribution >= 4 is 0 Å². The van der Waals surface area contributed by atoms with E-state index in [0.717, 1.165) is 106 Å². The summed E-state index contributed by atoms with van der Waals surface area (Å²) in [6, 6.07) is 77.4. The van der Waals surface area contributed by atoms with E-state index in [0.29, 0.717) is 0 Å². The summed E-state index contributed by atoms with van der Waals surface area (Å²) in [5, 5.41) is 0. The van der Waals surface area contributed by atoms with E-state index in [1.54, 1.807) is 0 Å². The van der Waals surface area contributed by atoms with Crippen LogP contribution in [0.4, 0.5) is 0 Å². The largest absolute Gasteiger partial charge is 0.358 e. The topological polar surface area (TPSA) is 38.7 Å². The average molecular weight is 984 g/mol. The maximum Gasteiger partial charge on any atom is 0.0242 e. The van der Waals surface area contributed by atoms with Crippen molar-refractivity contribution in [2.75, 3.05) is 0 Å². The molecular formula is C59H41IrN3-4. The van der Waals surface area contributed by atoms with Crippen LogP contribution in [0.2, 0.25) is 0 Å².